The highest BCUT2D eigenvalue weighted by atomic mass is 16.5. The third-order valence-corrected chi connectivity index (χ3v) is 5.43. The van der Waals surface area contributed by atoms with E-state index in [2.05, 4.69) is 0 Å². The molecular weight excluding hydrogens is 416 g/mol. The first-order chi connectivity index (χ1) is 16.0. The van der Waals surface area contributed by atoms with Gasteiger partial charge < -0.3 is 19.0 Å². The maximum absolute atomic E-state index is 13.4. The molecule has 6 nitrogen and oxygen atoms in total. The summed E-state index contributed by atoms with van der Waals surface area (Å²) >= 11 is 0. The van der Waals surface area contributed by atoms with Crippen molar-refractivity contribution in [2.75, 3.05) is 26.8 Å². The van der Waals surface area contributed by atoms with Crippen LogP contribution in [0.25, 0.3) is 0 Å². The SMILES string of the molecule is COCCN(CC(=O)N(Cc1ccccc1)Cc1ccc(C)o1)C(=O)CCc1ccccc1. The van der Waals surface area contributed by atoms with Gasteiger partial charge in [-0.3, -0.25) is 9.59 Å². The molecule has 0 aliphatic heterocycles. The van der Waals surface area contributed by atoms with Crippen LogP contribution < -0.4 is 0 Å². The predicted molar refractivity (Wildman–Crippen MR) is 127 cm³/mol. The van der Waals surface area contributed by atoms with Gasteiger partial charge in [-0.05, 0) is 36.6 Å². The van der Waals surface area contributed by atoms with Gasteiger partial charge in [0.1, 0.15) is 11.5 Å². The third kappa shape index (κ3) is 7.91. The van der Waals surface area contributed by atoms with Crippen molar-refractivity contribution in [3.8, 4) is 0 Å². The van der Waals surface area contributed by atoms with Gasteiger partial charge in [-0.2, -0.15) is 0 Å². The lowest BCUT2D eigenvalue weighted by molar-refractivity contribution is -0.141. The number of ether oxygens (including phenoxy) is 1. The number of hydrogen-bond donors (Lipinski definition) is 0. The van der Waals surface area contributed by atoms with E-state index in [0.717, 1.165) is 22.6 Å². The summed E-state index contributed by atoms with van der Waals surface area (Å²) in [5.41, 5.74) is 2.12. The number of nitrogens with zero attached hydrogens (tertiary/aromatic N) is 2. The highest BCUT2D eigenvalue weighted by Gasteiger charge is 2.22. The average molecular weight is 449 g/mol. The molecule has 1 aromatic heterocycles. The van der Waals surface area contributed by atoms with Crippen LogP contribution in [0, 0.1) is 6.92 Å². The monoisotopic (exact) mass is 448 g/mol. The van der Waals surface area contributed by atoms with E-state index in [0.29, 0.717) is 39.1 Å². The number of carbonyl (C=O) groups is 2. The summed E-state index contributed by atoms with van der Waals surface area (Å²) in [5.74, 6) is 1.33. The number of benzene rings is 2. The summed E-state index contributed by atoms with van der Waals surface area (Å²) < 4.78 is 10.9. The normalized spacial score (nSPS) is 10.7. The Labute approximate surface area is 195 Å². The Balaban J connectivity index is 1.69. The summed E-state index contributed by atoms with van der Waals surface area (Å²) in [7, 11) is 1.59. The second-order valence-electron chi connectivity index (χ2n) is 8.04. The van der Waals surface area contributed by atoms with E-state index in [-0.39, 0.29) is 18.4 Å². The van der Waals surface area contributed by atoms with Gasteiger partial charge in [-0.25, -0.2) is 0 Å². The summed E-state index contributed by atoms with van der Waals surface area (Å²) in [6.07, 6.45) is 0.980. The number of methoxy groups -OCH3 is 1. The van der Waals surface area contributed by atoms with Gasteiger partial charge in [0.05, 0.1) is 19.7 Å². The van der Waals surface area contributed by atoms with Crippen molar-refractivity contribution in [1.82, 2.24) is 9.80 Å². The molecule has 174 valence electrons. The van der Waals surface area contributed by atoms with E-state index in [4.69, 9.17) is 9.15 Å². The van der Waals surface area contributed by atoms with Crippen molar-refractivity contribution in [1.29, 1.82) is 0 Å². The molecule has 0 N–H and O–H groups in total. The summed E-state index contributed by atoms with van der Waals surface area (Å²) in [6.45, 7) is 3.41. The Bertz CT molecular complexity index is 1000. The van der Waals surface area contributed by atoms with Crippen molar-refractivity contribution in [3.05, 3.63) is 95.4 Å². The second kappa shape index (κ2) is 12.6. The summed E-state index contributed by atoms with van der Waals surface area (Å²) in [5, 5.41) is 0. The zero-order chi connectivity index (χ0) is 23.5. The Morgan fingerprint density at radius 2 is 1.48 bits per heavy atom. The molecule has 0 aliphatic rings. The molecule has 6 heteroatoms. The minimum atomic E-state index is -0.128. The lowest BCUT2D eigenvalue weighted by Crippen LogP contribution is -2.43. The number of amides is 2. The van der Waals surface area contributed by atoms with Gasteiger partial charge in [0, 0.05) is 26.6 Å². The zero-order valence-electron chi connectivity index (χ0n) is 19.4. The first kappa shape index (κ1) is 24.3. The predicted octanol–water partition coefficient (Wildman–Crippen LogP) is 4.22. The van der Waals surface area contributed by atoms with Crippen LogP contribution in [0.15, 0.2) is 77.2 Å². The van der Waals surface area contributed by atoms with Crippen LogP contribution in [-0.2, 0) is 33.8 Å². The van der Waals surface area contributed by atoms with Crippen LogP contribution in [-0.4, -0.2) is 48.4 Å². The summed E-state index contributed by atoms with van der Waals surface area (Å²) in [4.78, 5) is 29.7. The van der Waals surface area contributed by atoms with Crippen molar-refractivity contribution >= 4 is 11.8 Å². The number of hydrogen-bond acceptors (Lipinski definition) is 4. The lowest BCUT2D eigenvalue weighted by atomic mass is 10.1. The van der Waals surface area contributed by atoms with E-state index in [1.165, 1.54) is 0 Å². The van der Waals surface area contributed by atoms with Crippen molar-refractivity contribution in [3.63, 3.8) is 0 Å². The van der Waals surface area contributed by atoms with Crippen LogP contribution in [0.4, 0.5) is 0 Å². The van der Waals surface area contributed by atoms with Gasteiger partial charge >= 0.3 is 0 Å². The molecular formula is C27H32N2O4. The minimum absolute atomic E-state index is 0.00348. The van der Waals surface area contributed by atoms with E-state index >= 15 is 0 Å². The highest BCUT2D eigenvalue weighted by molar-refractivity contribution is 5.85. The largest absolute Gasteiger partial charge is 0.464 e. The second-order valence-corrected chi connectivity index (χ2v) is 8.04. The average Bonchev–Trinajstić information content (AvgIpc) is 3.25. The van der Waals surface area contributed by atoms with Crippen LogP contribution in [0.3, 0.4) is 0 Å². The van der Waals surface area contributed by atoms with Crippen LogP contribution in [0.5, 0.6) is 0 Å². The van der Waals surface area contributed by atoms with Crippen LogP contribution in [0.2, 0.25) is 0 Å². The Morgan fingerprint density at radius 1 is 0.818 bits per heavy atom. The molecule has 0 radical (unpaired) electrons. The summed E-state index contributed by atoms with van der Waals surface area (Å²) in [6, 6.07) is 23.5. The minimum Gasteiger partial charge on any atom is -0.464 e. The standard InChI is InChI=1S/C27H32N2O4/c1-22-13-15-25(33-22)20-29(19-24-11-7-4-8-12-24)27(31)21-28(17-18-32-2)26(30)16-14-23-9-5-3-6-10-23/h3-13,15H,14,16-21H2,1-2H3. The van der Waals surface area contributed by atoms with Crippen molar-refractivity contribution in [2.24, 2.45) is 0 Å². The molecule has 1 heterocycles. The quantitative estimate of drug-likeness (QED) is 0.416. The fourth-order valence-corrected chi connectivity index (χ4v) is 3.61. The number of carbonyl (C=O) groups excluding carboxylic acids is 2. The maximum atomic E-state index is 13.4. The molecule has 0 unspecified atom stereocenters. The van der Waals surface area contributed by atoms with Gasteiger partial charge in [0.25, 0.3) is 0 Å². The van der Waals surface area contributed by atoms with E-state index in [1.807, 2.05) is 79.7 Å². The highest BCUT2D eigenvalue weighted by Crippen LogP contribution is 2.14. The van der Waals surface area contributed by atoms with Crippen molar-refractivity contribution < 1.29 is 18.7 Å². The molecule has 0 spiro atoms. The van der Waals surface area contributed by atoms with Gasteiger partial charge in [-0.1, -0.05) is 60.7 Å². The first-order valence-corrected chi connectivity index (χ1v) is 11.2. The molecule has 0 saturated carbocycles. The lowest BCUT2D eigenvalue weighted by Gasteiger charge is -2.27. The smallest absolute Gasteiger partial charge is 0.242 e. The van der Waals surface area contributed by atoms with Crippen LogP contribution in [0.1, 0.15) is 29.1 Å². The maximum Gasteiger partial charge on any atom is 0.242 e. The van der Waals surface area contributed by atoms with Gasteiger partial charge in [0.15, 0.2) is 0 Å². The molecule has 2 amide bonds. The molecule has 0 aliphatic carbocycles. The van der Waals surface area contributed by atoms with E-state index in [9.17, 15) is 9.59 Å². The number of aryl methyl sites for hydroxylation is 2. The number of furan rings is 1. The van der Waals surface area contributed by atoms with Gasteiger partial charge in [-0.15, -0.1) is 0 Å². The fraction of sp³-hybridized carbons (Fsp3) is 0.333. The Morgan fingerprint density at radius 3 is 2.09 bits per heavy atom. The molecule has 0 saturated heterocycles. The molecule has 3 rings (SSSR count). The molecule has 0 fully saturated rings. The van der Waals surface area contributed by atoms with E-state index in [1.54, 1.807) is 16.9 Å². The first-order valence-electron chi connectivity index (χ1n) is 11.2. The third-order valence-electron chi connectivity index (χ3n) is 5.43. The van der Waals surface area contributed by atoms with Gasteiger partial charge in [0.2, 0.25) is 11.8 Å². The molecule has 3 aromatic rings. The van der Waals surface area contributed by atoms with Crippen LogP contribution >= 0.6 is 0 Å². The molecule has 2 aromatic carbocycles. The Kier molecular flexibility index (Phi) is 9.27. The van der Waals surface area contributed by atoms with Crippen molar-refractivity contribution in [2.45, 2.75) is 32.9 Å². The van der Waals surface area contributed by atoms with E-state index < -0.39 is 0 Å². The molecule has 0 atom stereocenters. The number of rotatable bonds is 12. The zero-order valence-corrected chi connectivity index (χ0v) is 19.4. The molecule has 33 heavy (non-hydrogen) atoms. The molecule has 0 bridgehead atoms. The fourth-order valence-electron chi connectivity index (χ4n) is 3.61. The topological polar surface area (TPSA) is 63.0 Å². The Hall–Kier alpha value is -3.38.